The summed E-state index contributed by atoms with van der Waals surface area (Å²) in [4.78, 5) is 26.4. The number of benzene rings is 2. The van der Waals surface area contributed by atoms with Crippen molar-refractivity contribution in [3.8, 4) is 0 Å². The van der Waals surface area contributed by atoms with Crippen LogP contribution in [0.15, 0.2) is 54.6 Å². The number of carboxylic acids is 1. The van der Waals surface area contributed by atoms with Gasteiger partial charge in [-0.2, -0.15) is 11.8 Å². The largest absolute Gasteiger partial charge is 0.481 e. The molecule has 0 aromatic heterocycles. The number of hydrogen-bond donors (Lipinski definition) is 2. The molecule has 6 nitrogen and oxygen atoms in total. The maximum absolute atomic E-state index is 13.3. The molecule has 0 radical (unpaired) electrons. The first-order valence-corrected chi connectivity index (χ1v) is 14.9. The summed E-state index contributed by atoms with van der Waals surface area (Å²) < 4.78 is 5.69. The highest BCUT2D eigenvalue weighted by molar-refractivity contribution is 7.99. The third-order valence-corrected chi connectivity index (χ3v) is 7.93. The summed E-state index contributed by atoms with van der Waals surface area (Å²) in [6.07, 6.45) is 0.804. The van der Waals surface area contributed by atoms with E-state index in [1.54, 1.807) is 37.7 Å². The van der Waals surface area contributed by atoms with Crippen molar-refractivity contribution in [1.82, 2.24) is 4.90 Å². The fraction of sp³-hybridized carbons (Fsp3) is 0.517. The lowest BCUT2D eigenvalue weighted by molar-refractivity contribution is -0.169. The second-order valence-electron chi connectivity index (χ2n) is 9.76. The van der Waals surface area contributed by atoms with E-state index < -0.39 is 17.7 Å². The normalized spacial score (nSPS) is 20.0. The minimum Gasteiger partial charge on any atom is -0.481 e. The second kappa shape index (κ2) is 15.7. The number of halogens is 2. The van der Waals surface area contributed by atoms with E-state index in [2.05, 4.69) is 0 Å². The number of carboxylic acid groups (broad SMARTS) is 1. The Hall–Kier alpha value is -1.77. The summed E-state index contributed by atoms with van der Waals surface area (Å²) in [6.45, 7) is 7.79. The van der Waals surface area contributed by atoms with Crippen LogP contribution in [0.3, 0.4) is 0 Å². The molecule has 1 heterocycles. The number of morpholine rings is 1. The molecule has 1 saturated heterocycles. The molecule has 9 heteroatoms. The summed E-state index contributed by atoms with van der Waals surface area (Å²) in [5, 5.41) is 20.6. The van der Waals surface area contributed by atoms with E-state index in [1.165, 1.54) is 0 Å². The van der Waals surface area contributed by atoms with Crippen LogP contribution in [-0.4, -0.2) is 62.8 Å². The molecule has 4 rings (SSSR count). The minimum atomic E-state index is -1.05. The second-order valence-corrected chi connectivity index (χ2v) is 11.7. The van der Waals surface area contributed by atoms with Gasteiger partial charge in [-0.3, -0.25) is 9.59 Å². The SMILES string of the molecule is CC.CC(C)(O)CSCC(C1CC1)N1C(=O)C(CC(=O)O)OCC1c1ccc(Cl)cc1.Clc1ccccc1. The quantitative estimate of drug-likeness (QED) is 0.340. The molecule has 0 bridgehead atoms. The number of hydrogen-bond acceptors (Lipinski definition) is 5. The van der Waals surface area contributed by atoms with E-state index in [9.17, 15) is 19.8 Å². The molecule has 2 aromatic carbocycles. The molecule has 1 aliphatic heterocycles. The van der Waals surface area contributed by atoms with Crippen molar-refractivity contribution in [3.05, 3.63) is 70.2 Å². The molecule has 1 amide bonds. The Kier molecular flexibility index (Phi) is 13.4. The number of carbonyl (C=O) groups is 2. The number of carbonyl (C=O) groups excluding carboxylic acids is 1. The van der Waals surface area contributed by atoms with Crippen LogP contribution in [0.4, 0.5) is 0 Å². The lowest BCUT2D eigenvalue weighted by Crippen LogP contribution is -2.55. The first kappa shape index (κ1) is 32.4. The van der Waals surface area contributed by atoms with Crippen LogP contribution in [0.1, 0.15) is 58.6 Å². The molecule has 210 valence electrons. The number of rotatable bonds is 9. The molecular weight excluding hydrogens is 545 g/mol. The number of aliphatic carboxylic acids is 1. The van der Waals surface area contributed by atoms with E-state index >= 15 is 0 Å². The van der Waals surface area contributed by atoms with Gasteiger partial charge in [-0.15, -0.1) is 0 Å². The Bertz CT molecular complexity index is 996. The third-order valence-electron chi connectivity index (χ3n) is 5.94. The van der Waals surface area contributed by atoms with Crippen molar-refractivity contribution in [3.63, 3.8) is 0 Å². The van der Waals surface area contributed by atoms with Crippen LogP contribution in [0.25, 0.3) is 0 Å². The Labute approximate surface area is 240 Å². The number of nitrogens with zero attached hydrogens (tertiary/aromatic N) is 1. The minimum absolute atomic E-state index is 0.0178. The average Bonchev–Trinajstić information content (AvgIpc) is 3.71. The van der Waals surface area contributed by atoms with Gasteiger partial charge in [-0.25, -0.2) is 0 Å². The van der Waals surface area contributed by atoms with Gasteiger partial charge in [0.25, 0.3) is 5.91 Å². The number of thioether (sulfide) groups is 1. The number of amides is 1. The number of aliphatic hydroxyl groups is 1. The maximum Gasteiger partial charge on any atom is 0.306 e. The molecule has 2 aliphatic rings. The van der Waals surface area contributed by atoms with Gasteiger partial charge in [-0.05, 0) is 62.4 Å². The Morgan fingerprint density at radius 3 is 2.13 bits per heavy atom. The zero-order valence-corrected chi connectivity index (χ0v) is 24.8. The Balaban J connectivity index is 0.000000481. The van der Waals surface area contributed by atoms with Gasteiger partial charge in [0.05, 0.1) is 24.7 Å². The summed E-state index contributed by atoms with van der Waals surface area (Å²) in [5.41, 5.74) is 0.143. The Morgan fingerprint density at radius 2 is 1.66 bits per heavy atom. The van der Waals surface area contributed by atoms with E-state index in [0.717, 1.165) is 23.4 Å². The van der Waals surface area contributed by atoms with Gasteiger partial charge >= 0.3 is 5.97 Å². The predicted octanol–water partition coefficient (Wildman–Crippen LogP) is 6.73. The first-order chi connectivity index (χ1) is 18.0. The maximum atomic E-state index is 13.3. The lowest BCUT2D eigenvalue weighted by atomic mass is 9.98. The average molecular weight is 585 g/mol. The summed E-state index contributed by atoms with van der Waals surface area (Å²) in [7, 11) is 0. The fourth-order valence-electron chi connectivity index (χ4n) is 4.09. The highest BCUT2D eigenvalue weighted by atomic mass is 35.5. The molecule has 0 spiro atoms. The van der Waals surface area contributed by atoms with Crippen LogP contribution in [0, 0.1) is 5.92 Å². The summed E-state index contributed by atoms with van der Waals surface area (Å²) in [5.74, 6) is 0.349. The van der Waals surface area contributed by atoms with Crippen molar-refractivity contribution in [2.24, 2.45) is 5.92 Å². The Morgan fingerprint density at radius 1 is 1.08 bits per heavy atom. The van der Waals surface area contributed by atoms with Crippen LogP contribution in [-0.2, 0) is 14.3 Å². The van der Waals surface area contributed by atoms with Crippen molar-refractivity contribution in [2.45, 2.75) is 70.7 Å². The van der Waals surface area contributed by atoms with Crippen molar-refractivity contribution in [2.75, 3.05) is 18.1 Å². The monoisotopic (exact) mass is 583 g/mol. The molecule has 2 N–H and O–H groups in total. The number of ether oxygens (including phenoxy) is 1. The molecule has 3 unspecified atom stereocenters. The topological polar surface area (TPSA) is 87.1 Å². The smallest absolute Gasteiger partial charge is 0.306 e. The summed E-state index contributed by atoms with van der Waals surface area (Å²) >= 11 is 13.2. The van der Waals surface area contributed by atoms with Crippen LogP contribution in [0.5, 0.6) is 0 Å². The van der Waals surface area contributed by atoms with Gasteiger partial charge in [0.2, 0.25) is 0 Å². The van der Waals surface area contributed by atoms with Gasteiger partial charge in [-0.1, -0.05) is 67.4 Å². The first-order valence-electron chi connectivity index (χ1n) is 13.0. The van der Waals surface area contributed by atoms with Gasteiger partial charge < -0.3 is 19.8 Å². The molecule has 3 atom stereocenters. The van der Waals surface area contributed by atoms with Gasteiger partial charge in [0.15, 0.2) is 0 Å². The molecule has 2 fully saturated rings. The summed E-state index contributed by atoms with van der Waals surface area (Å²) in [6, 6.07) is 16.5. The van der Waals surface area contributed by atoms with Crippen molar-refractivity contribution in [1.29, 1.82) is 0 Å². The molecule has 1 aliphatic carbocycles. The van der Waals surface area contributed by atoms with Crippen LogP contribution in [0.2, 0.25) is 10.0 Å². The predicted molar refractivity (Wildman–Crippen MR) is 156 cm³/mol. The lowest BCUT2D eigenvalue weighted by Gasteiger charge is -2.44. The van der Waals surface area contributed by atoms with E-state index in [1.807, 2.05) is 61.2 Å². The molecule has 1 saturated carbocycles. The van der Waals surface area contributed by atoms with Gasteiger partial charge in [0.1, 0.15) is 6.10 Å². The standard InChI is InChI=1S/C21H28ClNO5S.C6H5Cl.C2H6/c1-21(2,27)12-29-11-17(14-3-4-14)23-16(13-5-7-15(22)8-6-13)10-28-18(20(23)26)9-19(24)25;7-6-4-2-1-3-5-6;1-2/h5-8,14,16-18,27H,3-4,9-12H2,1-2H3,(H,24,25);1-5H;1-2H3. The third kappa shape index (κ3) is 10.8. The highest BCUT2D eigenvalue weighted by Gasteiger charge is 2.46. The van der Waals surface area contributed by atoms with Crippen molar-refractivity contribution < 1.29 is 24.5 Å². The van der Waals surface area contributed by atoms with Gasteiger partial charge in [0, 0.05) is 27.6 Å². The highest BCUT2D eigenvalue weighted by Crippen LogP contribution is 2.42. The molecule has 2 aromatic rings. The zero-order valence-electron chi connectivity index (χ0n) is 22.5. The van der Waals surface area contributed by atoms with E-state index in [4.69, 9.17) is 27.9 Å². The van der Waals surface area contributed by atoms with Crippen LogP contribution < -0.4 is 0 Å². The molecular formula is C29H39Cl2NO5S. The fourth-order valence-corrected chi connectivity index (χ4v) is 5.65. The zero-order chi connectivity index (χ0) is 28.3. The molecule has 38 heavy (non-hydrogen) atoms. The van der Waals surface area contributed by atoms with Crippen LogP contribution >= 0.6 is 35.0 Å². The van der Waals surface area contributed by atoms with E-state index in [0.29, 0.717) is 22.4 Å². The van der Waals surface area contributed by atoms with E-state index in [-0.39, 0.29) is 31.0 Å². The van der Waals surface area contributed by atoms with Crippen molar-refractivity contribution >= 4 is 46.8 Å².